The first kappa shape index (κ1) is 11.2. The van der Waals surface area contributed by atoms with Gasteiger partial charge in [-0.15, -0.1) is 0 Å². The van der Waals surface area contributed by atoms with E-state index >= 15 is 0 Å². The molecule has 1 aliphatic rings. The molecule has 0 saturated heterocycles. The highest BCUT2D eigenvalue weighted by Crippen LogP contribution is 2.31. The number of benzene rings is 1. The molecule has 2 rings (SSSR count). The maximum absolute atomic E-state index is 5.88. The van der Waals surface area contributed by atoms with Gasteiger partial charge in [0.05, 0.1) is 0 Å². The van der Waals surface area contributed by atoms with Crippen LogP contribution in [0.4, 0.5) is 0 Å². The zero-order valence-corrected chi connectivity index (χ0v) is 10.4. The van der Waals surface area contributed by atoms with Gasteiger partial charge < -0.3 is 9.64 Å². The minimum absolute atomic E-state index is 0.184. The summed E-state index contributed by atoms with van der Waals surface area (Å²) in [5, 5.41) is 0. The highest BCUT2D eigenvalue weighted by molar-refractivity contribution is 5.61. The van der Waals surface area contributed by atoms with E-state index in [1.807, 2.05) is 0 Å². The molecule has 0 fully saturated rings. The quantitative estimate of drug-likeness (QED) is 0.755. The molecule has 16 heavy (non-hydrogen) atoms. The topological polar surface area (TPSA) is 12.5 Å². The highest BCUT2D eigenvalue weighted by Gasteiger charge is 2.21. The zero-order chi connectivity index (χ0) is 11.8. The van der Waals surface area contributed by atoms with E-state index in [1.54, 1.807) is 0 Å². The van der Waals surface area contributed by atoms with E-state index in [-0.39, 0.29) is 5.60 Å². The van der Waals surface area contributed by atoms with Crippen molar-refractivity contribution in [2.24, 2.45) is 0 Å². The molecule has 0 aromatic heterocycles. The van der Waals surface area contributed by atoms with Gasteiger partial charge >= 0.3 is 0 Å². The van der Waals surface area contributed by atoms with Gasteiger partial charge in [-0.2, -0.15) is 0 Å². The summed E-state index contributed by atoms with van der Waals surface area (Å²) in [6.45, 7) is 5.10. The Balaban J connectivity index is 2.28. The van der Waals surface area contributed by atoms with Crippen LogP contribution in [-0.4, -0.2) is 24.6 Å². The van der Waals surface area contributed by atoms with E-state index in [2.05, 4.69) is 63.2 Å². The molecule has 0 spiro atoms. The number of ether oxygens (including phenoxy) is 1. The molecule has 0 bridgehead atoms. The standard InChI is InChI=1S/C14H19NO/c1-14(2)8-7-12-9-11(10-15(3)4)5-6-13(12)16-14/h5-9H,10H2,1-4H3. The minimum atomic E-state index is -0.184. The lowest BCUT2D eigenvalue weighted by atomic mass is 10.0. The Morgan fingerprint density at radius 1 is 1.25 bits per heavy atom. The van der Waals surface area contributed by atoms with Crippen LogP contribution in [0.5, 0.6) is 5.75 Å². The monoisotopic (exact) mass is 217 g/mol. The predicted molar refractivity (Wildman–Crippen MR) is 67.6 cm³/mol. The second kappa shape index (κ2) is 3.95. The largest absolute Gasteiger partial charge is 0.483 e. The third kappa shape index (κ3) is 2.45. The minimum Gasteiger partial charge on any atom is -0.483 e. The Bertz CT molecular complexity index is 419. The highest BCUT2D eigenvalue weighted by atomic mass is 16.5. The second-order valence-corrected chi connectivity index (χ2v) is 5.15. The predicted octanol–water partition coefficient (Wildman–Crippen LogP) is 2.93. The van der Waals surface area contributed by atoms with E-state index in [0.717, 1.165) is 12.3 Å². The summed E-state index contributed by atoms with van der Waals surface area (Å²) in [6, 6.07) is 6.40. The maximum Gasteiger partial charge on any atom is 0.127 e. The van der Waals surface area contributed by atoms with Crippen molar-refractivity contribution in [1.82, 2.24) is 4.90 Å². The van der Waals surface area contributed by atoms with Gasteiger partial charge in [-0.25, -0.2) is 0 Å². The molecule has 0 amide bonds. The summed E-state index contributed by atoms with van der Waals surface area (Å²) in [5.41, 5.74) is 2.31. The summed E-state index contributed by atoms with van der Waals surface area (Å²) in [6.07, 6.45) is 4.26. The molecular formula is C14H19NO. The lowest BCUT2D eigenvalue weighted by Crippen LogP contribution is -2.27. The van der Waals surface area contributed by atoms with Crippen LogP contribution < -0.4 is 4.74 Å². The van der Waals surface area contributed by atoms with Crippen LogP contribution in [0.3, 0.4) is 0 Å². The van der Waals surface area contributed by atoms with Gasteiger partial charge in [-0.3, -0.25) is 0 Å². The van der Waals surface area contributed by atoms with Crippen molar-refractivity contribution in [2.45, 2.75) is 26.0 Å². The number of rotatable bonds is 2. The van der Waals surface area contributed by atoms with Gasteiger partial charge in [0.15, 0.2) is 0 Å². The Morgan fingerprint density at radius 2 is 2.00 bits per heavy atom. The molecule has 1 aliphatic heterocycles. The summed E-state index contributed by atoms with van der Waals surface area (Å²) < 4.78 is 5.88. The van der Waals surface area contributed by atoms with Crippen LogP contribution in [0, 0.1) is 0 Å². The molecule has 0 N–H and O–H groups in total. The van der Waals surface area contributed by atoms with Crippen molar-refractivity contribution in [1.29, 1.82) is 0 Å². The Kier molecular flexibility index (Phi) is 2.76. The third-order valence-electron chi connectivity index (χ3n) is 2.61. The van der Waals surface area contributed by atoms with E-state index in [4.69, 9.17) is 4.74 Å². The molecule has 0 atom stereocenters. The molecule has 0 radical (unpaired) electrons. The molecular weight excluding hydrogens is 198 g/mol. The lowest BCUT2D eigenvalue weighted by Gasteiger charge is -2.28. The van der Waals surface area contributed by atoms with Gasteiger partial charge in [-0.1, -0.05) is 12.1 Å². The first-order chi connectivity index (χ1) is 7.46. The molecule has 0 unspecified atom stereocenters. The molecule has 2 heteroatoms. The van der Waals surface area contributed by atoms with E-state index in [1.165, 1.54) is 11.1 Å². The smallest absolute Gasteiger partial charge is 0.127 e. The van der Waals surface area contributed by atoms with Crippen molar-refractivity contribution < 1.29 is 4.74 Å². The number of hydrogen-bond acceptors (Lipinski definition) is 2. The van der Waals surface area contributed by atoms with Crippen molar-refractivity contribution in [2.75, 3.05) is 14.1 Å². The molecule has 0 saturated carbocycles. The number of fused-ring (bicyclic) bond motifs is 1. The van der Waals surface area contributed by atoms with Gasteiger partial charge in [0.1, 0.15) is 11.4 Å². The fourth-order valence-corrected chi connectivity index (χ4v) is 1.89. The van der Waals surface area contributed by atoms with Crippen LogP contribution in [0.2, 0.25) is 0 Å². The SMILES string of the molecule is CN(C)Cc1ccc2c(c1)C=CC(C)(C)O2. The molecule has 86 valence electrons. The summed E-state index contributed by atoms with van der Waals surface area (Å²) in [7, 11) is 4.16. The maximum atomic E-state index is 5.88. The average molecular weight is 217 g/mol. The van der Waals surface area contributed by atoms with Crippen LogP contribution in [0.15, 0.2) is 24.3 Å². The van der Waals surface area contributed by atoms with Gasteiger partial charge in [0, 0.05) is 12.1 Å². The Morgan fingerprint density at radius 3 is 2.69 bits per heavy atom. The van der Waals surface area contributed by atoms with E-state index < -0.39 is 0 Å². The Labute approximate surface area is 97.5 Å². The number of nitrogens with zero attached hydrogens (tertiary/aromatic N) is 1. The average Bonchev–Trinajstić information content (AvgIpc) is 2.16. The van der Waals surface area contributed by atoms with Crippen molar-refractivity contribution in [3.05, 3.63) is 35.4 Å². The van der Waals surface area contributed by atoms with Crippen molar-refractivity contribution in [3.63, 3.8) is 0 Å². The summed E-state index contributed by atoms with van der Waals surface area (Å²) in [4.78, 5) is 2.17. The first-order valence-electron chi connectivity index (χ1n) is 5.62. The normalized spacial score (nSPS) is 17.1. The van der Waals surface area contributed by atoms with Gasteiger partial charge in [0.25, 0.3) is 0 Å². The van der Waals surface area contributed by atoms with Crippen molar-refractivity contribution in [3.8, 4) is 5.75 Å². The second-order valence-electron chi connectivity index (χ2n) is 5.15. The molecule has 1 heterocycles. The number of hydrogen-bond donors (Lipinski definition) is 0. The van der Waals surface area contributed by atoms with Crippen molar-refractivity contribution >= 4 is 6.08 Å². The summed E-state index contributed by atoms with van der Waals surface area (Å²) in [5.74, 6) is 0.981. The zero-order valence-electron chi connectivity index (χ0n) is 10.4. The fourth-order valence-electron chi connectivity index (χ4n) is 1.89. The van der Waals surface area contributed by atoms with Gasteiger partial charge in [-0.05, 0) is 51.7 Å². The lowest BCUT2D eigenvalue weighted by molar-refractivity contribution is 0.159. The molecule has 2 nitrogen and oxygen atoms in total. The molecule has 1 aromatic carbocycles. The van der Waals surface area contributed by atoms with E-state index in [0.29, 0.717) is 0 Å². The van der Waals surface area contributed by atoms with Crippen LogP contribution >= 0.6 is 0 Å². The van der Waals surface area contributed by atoms with Gasteiger partial charge in [0.2, 0.25) is 0 Å². The third-order valence-corrected chi connectivity index (χ3v) is 2.61. The molecule has 1 aromatic rings. The van der Waals surface area contributed by atoms with Crippen LogP contribution in [0.25, 0.3) is 6.08 Å². The van der Waals surface area contributed by atoms with E-state index in [9.17, 15) is 0 Å². The van der Waals surface area contributed by atoms with Crippen LogP contribution in [-0.2, 0) is 6.54 Å². The first-order valence-corrected chi connectivity index (χ1v) is 5.62. The Hall–Kier alpha value is -1.28. The fraction of sp³-hybridized carbons (Fsp3) is 0.429. The molecule has 0 aliphatic carbocycles. The summed E-state index contributed by atoms with van der Waals surface area (Å²) >= 11 is 0. The van der Waals surface area contributed by atoms with Crippen LogP contribution in [0.1, 0.15) is 25.0 Å².